The molecule has 3 heterocycles. The van der Waals surface area contributed by atoms with Crippen molar-refractivity contribution in [2.75, 3.05) is 26.8 Å². The number of β-amino-alcohol motifs (C(OH)–C–C–N with tert-alkyl or cyclic N) is 1. The molecule has 0 radical (unpaired) electrons. The van der Waals surface area contributed by atoms with Gasteiger partial charge in [0.1, 0.15) is 29.0 Å². The molecule has 1 saturated heterocycles. The molecule has 0 spiro atoms. The second kappa shape index (κ2) is 9.77. The standard InChI is InChI=1S/C26H31N5O5/c1-14-22(26(34)30-19-8-9-31(15(2)32)11-20(19)33)24-25(29-14)23(27-13-28-24)18-10-17(35-3)6-7-21(18)36-12-16-4-5-16/h6-7,10,13,16,19-20,29,33H,4-5,8-9,11-12H2,1-3H3,(H,30,34)/t19-,20-/m1/s1. The molecule has 1 saturated carbocycles. The number of nitrogens with zero attached hydrogens (tertiary/aromatic N) is 3. The second-order valence-corrected chi connectivity index (χ2v) is 9.59. The average molecular weight is 494 g/mol. The van der Waals surface area contributed by atoms with Crippen molar-refractivity contribution in [1.82, 2.24) is 25.2 Å². The maximum atomic E-state index is 13.3. The summed E-state index contributed by atoms with van der Waals surface area (Å²) in [5, 5.41) is 13.5. The largest absolute Gasteiger partial charge is 0.497 e. The van der Waals surface area contributed by atoms with Gasteiger partial charge in [-0.15, -0.1) is 0 Å². The number of aromatic nitrogens is 3. The van der Waals surface area contributed by atoms with Gasteiger partial charge in [-0.1, -0.05) is 0 Å². The highest BCUT2D eigenvalue weighted by molar-refractivity contribution is 6.09. The van der Waals surface area contributed by atoms with Gasteiger partial charge in [-0.2, -0.15) is 0 Å². The van der Waals surface area contributed by atoms with Gasteiger partial charge in [0, 0.05) is 31.3 Å². The van der Waals surface area contributed by atoms with Crippen molar-refractivity contribution in [1.29, 1.82) is 0 Å². The Hall–Kier alpha value is -3.66. The van der Waals surface area contributed by atoms with Gasteiger partial charge < -0.3 is 29.8 Å². The molecule has 2 aliphatic rings. The van der Waals surface area contributed by atoms with Crippen molar-refractivity contribution in [2.45, 2.75) is 45.3 Å². The number of fused-ring (bicyclic) bond motifs is 1. The van der Waals surface area contributed by atoms with E-state index < -0.39 is 12.1 Å². The maximum absolute atomic E-state index is 13.3. The summed E-state index contributed by atoms with van der Waals surface area (Å²) >= 11 is 0. The van der Waals surface area contributed by atoms with Crippen LogP contribution >= 0.6 is 0 Å². The Kier molecular flexibility index (Phi) is 6.53. The van der Waals surface area contributed by atoms with Gasteiger partial charge in [-0.3, -0.25) is 9.59 Å². The van der Waals surface area contributed by atoms with E-state index in [1.54, 1.807) is 12.0 Å². The number of likely N-dealkylation sites (tertiary alicyclic amines) is 1. The topological polar surface area (TPSA) is 130 Å². The molecule has 2 fully saturated rings. The molecule has 36 heavy (non-hydrogen) atoms. The summed E-state index contributed by atoms with van der Waals surface area (Å²) in [6, 6.07) is 5.15. The summed E-state index contributed by atoms with van der Waals surface area (Å²) in [6.07, 6.45) is 3.43. The van der Waals surface area contributed by atoms with Crippen LogP contribution in [0, 0.1) is 12.8 Å². The molecule has 5 rings (SSSR count). The molecule has 1 aliphatic heterocycles. The zero-order valence-corrected chi connectivity index (χ0v) is 20.7. The molecular weight excluding hydrogens is 462 g/mol. The predicted octanol–water partition coefficient (Wildman–Crippen LogP) is 2.44. The molecule has 0 unspecified atom stereocenters. The van der Waals surface area contributed by atoms with Crippen molar-refractivity contribution < 1.29 is 24.2 Å². The lowest BCUT2D eigenvalue weighted by atomic mass is 10.0. The molecule has 3 aromatic rings. The van der Waals surface area contributed by atoms with Gasteiger partial charge in [0.2, 0.25) is 5.91 Å². The van der Waals surface area contributed by atoms with Gasteiger partial charge in [-0.05, 0) is 50.3 Å². The van der Waals surface area contributed by atoms with Gasteiger partial charge in [-0.25, -0.2) is 9.97 Å². The lowest BCUT2D eigenvalue weighted by Gasteiger charge is -2.35. The molecule has 190 valence electrons. The van der Waals surface area contributed by atoms with Gasteiger partial charge in [0.15, 0.2) is 0 Å². The first-order valence-corrected chi connectivity index (χ1v) is 12.2. The summed E-state index contributed by atoms with van der Waals surface area (Å²) in [7, 11) is 1.61. The summed E-state index contributed by atoms with van der Waals surface area (Å²) in [6.45, 7) is 4.61. The molecule has 3 N–H and O–H groups in total. The molecule has 2 amide bonds. The van der Waals surface area contributed by atoms with Crippen molar-refractivity contribution in [2.24, 2.45) is 5.92 Å². The Morgan fingerprint density at radius 1 is 1.25 bits per heavy atom. The van der Waals surface area contributed by atoms with Crippen LogP contribution in [0.1, 0.15) is 42.2 Å². The first-order valence-electron chi connectivity index (χ1n) is 12.2. The number of aliphatic hydroxyl groups excluding tert-OH is 1. The minimum atomic E-state index is -0.842. The van der Waals surface area contributed by atoms with E-state index in [0.29, 0.717) is 65.0 Å². The SMILES string of the molecule is COc1ccc(OCC2CC2)c(-c2ncnc3c(C(=O)N[C@@H]4CCN(C(C)=O)C[C@H]4O)c(C)[nH]c23)c1. The Morgan fingerprint density at radius 2 is 2.06 bits per heavy atom. The average Bonchev–Trinajstić information content (AvgIpc) is 3.63. The summed E-state index contributed by atoms with van der Waals surface area (Å²) in [5.41, 5.74) is 3.52. The zero-order chi connectivity index (χ0) is 25.4. The van der Waals surface area contributed by atoms with Gasteiger partial charge in [0.25, 0.3) is 5.91 Å². The third kappa shape index (κ3) is 4.73. The lowest BCUT2D eigenvalue weighted by Crippen LogP contribution is -2.55. The van der Waals surface area contributed by atoms with Crippen LogP contribution in [0.25, 0.3) is 22.3 Å². The number of carbonyl (C=O) groups is 2. The number of hydrogen-bond donors (Lipinski definition) is 3. The van der Waals surface area contributed by atoms with E-state index in [2.05, 4.69) is 20.3 Å². The predicted molar refractivity (Wildman–Crippen MR) is 133 cm³/mol. The van der Waals surface area contributed by atoms with Crippen LogP contribution in [-0.4, -0.2) is 75.7 Å². The number of aryl methyl sites for hydroxylation is 1. The zero-order valence-electron chi connectivity index (χ0n) is 20.7. The third-order valence-corrected chi connectivity index (χ3v) is 6.96. The fourth-order valence-electron chi connectivity index (χ4n) is 4.67. The highest BCUT2D eigenvalue weighted by Gasteiger charge is 2.32. The minimum Gasteiger partial charge on any atom is -0.497 e. The lowest BCUT2D eigenvalue weighted by molar-refractivity contribution is -0.132. The van der Waals surface area contributed by atoms with Crippen molar-refractivity contribution >= 4 is 22.8 Å². The number of aliphatic hydroxyl groups is 1. The second-order valence-electron chi connectivity index (χ2n) is 9.59. The van der Waals surface area contributed by atoms with E-state index in [-0.39, 0.29) is 18.4 Å². The number of piperidine rings is 1. The van der Waals surface area contributed by atoms with E-state index in [0.717, 1.165) is 5.56 Å². The van der Waals surface area contributed by atoms with Crippen LogP contribution in [-0.2, 0) is 4.79 Å². The number of H-pyrrole nitrogens is 1. The number of carbonyl (C=O) groups excluding carboxylic acids is 2. The fraction of sp³-hybridized carbons (Fsp3) is 0.462. The van der Waals surface area contributed by atoms with E-state index in [4.69, 9.17) is 9.47 Å². The molecular formula is C26H31N5O5. The van der Waals surface area contributed by atoms with E-state index in [1.165, 1.54) is 26.1 Å². The smallest absolute Gasteiger partial charge is 0.255 e. The van der Waals surface area contributed by atoms with Crippen LogP contribution < -0.4 is 14.8 Å². The first-order chi connectivity index (χ1) is 17.4. The Balaban J connectivity index is 1.46. The highest BCUT2D eigenvalue weighted by Crippen LogP contribution is 2.38. The molecule has 0 bridgehead atoms. The molecule has 2 aromatic heterocycles. The number of methoxy groups -OCH3 is 1. The Morgan fingerprint density at radius 3 is 2.75 bits per heavy atom. The van der Waals surface area contributed by atoms with Crippen molar-refractivity contribution in [3.63, 3.8) is 0 Å². The van der Waals surface area contributed by atoms with Crippen molar-refractivity contribution in [3.05, 3.63) is 35.8 Å². The number of rotatable bonds is 7. The Labute approximate surface area is 209 Å². The molecule has 1 aliphatic carbocycles. The van der Waals surface area contributed by atoms with E-state index in [9.17, 15) is 14.7 Å². The van der Waals surface area contributed by atoms with Crippen LogP contribution in [0.5, 0.6) is 11.5 Å². The third-order valence-electron chi connectivity index (χ3n) is 6.96. The molecule has 1 aromatic carbocycles. The van der Waals surface area contributed by atoms with E-state index >= 15 is 0 Å². The monoisotopic (exact) mass is 493 g/mol. The normalized spacial score (nSPS) is 19.8. The summed E-state index contributed by atoms with van der Waals surface area (Å²) in [5.74, 6) is 1.53. The number of nitrogens with one attached hydrogen (secondary N) is 2. The molecule has 10 nitrogen and oxygen atoms in total. The number of hydrogen-bond acceptors (Lipinski definition) is 7. The van der Waals surface area contributed by atoms with Crippen molar-refractivity contribution in [3.8, 4) is 22.8 Å². The van der Waals surface area contributed by atoms with Crippen LogP contribution in [0.15, 0.2) is 24.5 Å². The van der Waals surface area contributed by atoms with Gasteiger partial charge in [0.05, 0.1) is 36.9 Å². The van der Waals surface area contributed by atoms with Gasteiger partial charge >= 0.3 is 0 Å². The minimum absolute atomic E-state index is 0.0893. The molecule has 10 heteroatoms. The van der Waals surface area contributed by atoms with Crippen LogP contribution in [0.4, 0.5) is 0 Å². The van der Waals surface area contributed by atoms with Crippen LogP contribution in [0.3, 0.4) is 0 Å². The molecule has 2 atom stereocenters. The van der Waals surface area contributed by atoms with Crippen LogP contribution in [0.2, 0.25) is 0 Å². The number of benzene rings is 1. The summed E-state index contributed by atoms with van der Waals surface area (Å²) < 4.78 is 11.6. The number of ether oxygens (including phenoxy) is 2. The quantitative estimate of drug-likeness (QED) is 0.461. The first kappa shape index (κ1) is 24.1. The number of amides is 2. The summed E-state index contributed by atoms with van der Waals surface area (Å²) in [4.78, 5) is 38.8. The maximum Gasteiger partial charge on any atom is 0.255 e. The Bertz CT molecular complexity index is 1300. The highest BCUT2D eigenvalue weighted by atomic mass is 16.5. The fourth-order valence-corrected chi connectivity index (χ4v) is 4.67. The van der Waals surface area contributed by atoms with E-state index in [1.807, 2.05) is 25.1 Å². The number of aromatic amines is 1.